The molecular formula is C32H29F3. The Morgan fingerprint density at radius 2 is 1.34 bits per heavy atom. The molecule has 0 amide bonds. The van der Waals surface area contributed by atoms with Crippen molar-refractivity contribution in [3.8, 4) is 22.3 Å². The molecule has 4 rings (SSSR count). The Morgan fingerprint density at radius 1 is 0.714 bits per heavy atom. The summed E-state index contributed by atoms with van der Waals surface area (Å²) in [6.45, 7) is 4.10. The highest BCUT2D eigenvalue weighted by atomic mass is 19.1. The molecule has 0 heterocycles. The lowest BCUT2D eigenvalue weighted by Gasteiger charge is -2.13. The minimum atomic E-state index is -0.706. The predicted molar refractivity (Wildman–Crippen MR) is 139 cm³/mol. The van der Waals surface area contributed by atoms with Crippen LogP contribution in [0.15, 0.2) is 97.1 Å². The normalized spacial score (nSPS) is 12.3. The summed E-state index contributed by atoms with van der Waals surface area (Å²) in [4.78, 5) is 0. The summed E-state index contributed by atoms with van der Waals surface area (Å²) in [6.07, 6.45) is 6.01. The third kappa shape index (κ3) is 5.92. The van der Waals surface area contributed by atoms with Crippen LogP contribution in [0.2, 0.25) is 0 Å². The lowest BCUT2D eigenvalue weighted by Crippen LogP contribution is -1.98. The molecule has 4 aromatic rings. The van der Waals surface area contributed by atoms with Crippen molar-refractivity contribution >= 4 is 0 Å². The molecule has 3 heteroatoms. The minimum absolute atomic E-state index is 0.198. The van der Waals surface area contributed by atoms with Gasteiger partial charge in [-0.2, -0.15) is 0 Å². The van der Waals surface area contributed by atoms with Gasteiger partial charge in [-0.25, -0.2) is 13.2 Å². The van der Waals surface area contributed by atoms with Crippen molar-refractivity contribution in [1.29, 1.82) is 0 Å². The maximum Gasteiger partial charge on any atom is 0.134 e. The zero-order valence-corrected chi connectivity index (χ0v) is 20.1. The van der Waals surface area contributed by atoms with Gasteiger partial charge in [0.2, 0.25) is 0 Å². The number of rotatable bonds is 8. The van der Waals surface area contributed by atoms with Gasteiger partial charge in [-0.3, -0.25) is 0 Å². The summed E-state index contributed by atoms with van der Waals surface area (Å²) in [6, 6.07) is 25.1. The van der Waals surface area contributed by atoms with Crippen molar-refractivity contribution in [2.45, 2.75) is 39.0 Å². The Morgan fingerprint density at radius 3 is 1.97 bits per heavy atom. The second-order valence-corrected chi connectivity index (χ2v) is 8.94. The third-order valence-electron chi connectivity index (χ3n) is 6.40. The third-order valence-corrected chi connectivity index (χ3v) is 6.40. The van der Waals surface area contributed by atoms with E-state index in [-0.39, 0.29) is 11.1 Å². The van der Waals surface area contributed by atoms with Gasteiger partial charge >= 0.3 is 0 Å². The molecule has 0 aliphatic rings. The van der Waals surface area contributed by atoms with Gasteiger partial charge in [0.05, 0.1) is 5.56 Å². The zero-order valence-electron chi connectivity index (χ0n) is 20.1. The van der Waals surface area contributed by atoms with Crippen LogP contribution in [0, 0.1) is 17.5 Å². The van der Waals surface area contributed by atoms with Gasteiger partial charge in [0.1, 0.15) is 17.5 Å². The number of benzene rings is 4. The summed E-state index contributed by atoms with van der Waals surface area (Å²) in [5, 5.41) is 0. The number of allylic oxidation sites excluding steroid dienone is 2. The predicted octanol–water partition coefficient (Wildman–Crippen LogP) is 9.29. The minimum Gasteiger partial charge on any atom is -0.207 e. The van der Waals surface area contributed by atoms with E-state index in [9.17, 15) is 4.39 Å². The highest BCUT2D eigenvalue weighted by Gasteiger charge is 2.16. The molecular weight excluding hydrogens is 441 g/mol. The van der Waals surface area contributed by atoms with Gasteiger partial charge in [0.15, 0.2) is 0 Å². The van der Waals surface area contributed by atoms with Crippen LogP contribution in [0.25, 0.3) is 22.3 Å². The van der Waals surface area contributed by atoms with Crippen molar-refractivity contribution in [3.63, 3.8) is 0 Å². The van der Waals surface area contributed by atoms with Crippen LogP contribution in [0.5, 0.6) is 0 Å². The Kier molecular flexibility index (Phi) is 7.87. The standard InChI is InChI=1S/C32H29F3/c1-3-4-6-11-26-16-17-27(19-29(26)33)32-30(34)20-28(21-31(32)35)25-14-12-23(13-15-25)18-22(2)24-9-7-5-8-10-24/h3-5,7-10,12-17,19-22H,6,11,18H2,1-2H3/t22-/m1/s1. The maximum atomic E-state index is 15.0. The van der Waals surface area contributed by atoms with Gasteiger partial charge in [-0.05, 0) is 83.7 Å². The van der Waals surface area contributed by atoms with E-state index in [4.69, 9.17) is 0 Å². The van der Waals surface area contributed by atoms with Gasteiger partial charge in [-0.1, -0.05) is 85.8 Å². The summed E-state index contributed by atoms with van der Waals surface area (Å²) in [5.41, 5.74) is 4.15. The van der Waals surface area contributed by atoms with Crippen molar-refractivity contribution in [3.05, 3.63) is 131 Å². The van der Waals surface area contributed by atoms with E-state index in [0.29, 0.717) is 29.9 Å². The summed E-state index contributed by atoms with van der Waals surface area (Å²) in [5.74, 6) is -1.49. The van der Waals surface area contributed by atoms with E-state index < -0.39 is 17.5 Å². The molecule has 0 spiro atoms. The van der Waals surface area contributed by atoms with Gasteiger partial charge in [-0.15, -0.1) is 0 Å². The van der Waals surface area contributed by atoms with E-state index in [1.165, 1.54) is 23.8 Å². The molecule has 0 bridgehead atoms. The van der Waals surface area contributed by atoms with E-state index in [0.717, 1.165) is 17.5 Å². The fourth-order valence-electron chi connectivity index (χ4n) is 4.41. The zero-order chi connectivity index (χ0) is 24.8. The molecule has 0 aliphatic heterocycles. The molecule has 4 aromatic carbocycles. The molecule has 0 fully saturated rings. The SMILES string of the molecule is CC=CCCc1ccc(-c2c(F)cc(-c3ccc(C[C@@H](C)c4ccccc4)cc3)cc2F)cc1F. The van der Waals surface area contributed by atoms with E-state index >= 15 is 8.78 Å². The van der Waals surface area contributed by atoms with Gasteiger partial charge in [0.25, 0.3) is 0 Å². The fourth-order valence-corrected chi connectivity index (χ4v) is 4.41. The summed E-state index contributed by atoms with van der Waals surface area (Å²) < 4.78 is 44.6. The quantitative estimate of drug-likeness (QED) is 0.225. The topological polar surface area (TPSA) is 0 Å². The van der Waals surface area contributed by atoms with Gasteiger partial charge < -0.3 is 0 Å². The fraction of sp³-hybridized carbons (Fsp3) is 0.188. The van der Waals surface area contributed by atoms with Crippen molar-refractivity contribution in [1.82, 2.24) is 0 Å². The van der Waals surface area contributed by atoms with Crippen LogP contribution in [0.4, 0.5) is 13.2 Å². The van der Waals surface area contributed by atoms with E-state index in [1.807, 2.05) is 61.5 Å². The average Bonchev–Trinajstić information content (AvgIpc) is 2.86. The average molecular weight is 471 g/mol. The first-order chi connectivity index (χ1) is 17.0. The van der Waals surface area contributed by atoms with Crippen molar-refractivity contribution in [2.75, 3.05) is 0 Å². The number of hydrogen-bond donors (Lipinski definition) is 0. The molecule has 35 heavy (non-hydrogen) atoms. The largest absolute Gasteiger partial charge is 0.207 e. The highest BCUT2D eigenvalue weighted by molar-refractivity contribution is 5.72. The monoisotopic (exact) mass is 470 g/mol. The molecule has 0 radical (unpaired) electrons. The Bertz CT molecular complexity index is 1280. The first-order valence-corrected chi connectivity index (χ1v) is 12.0. The molecule has 0 saturated heterocycles. The van der Waals surface area contributed by atoms with Gasteiger partial charge in [0, 0.05) is 0 Å². The van der Waals surface area contributed by atoms with Crippen LogP contribution < -0.4 is 0 Å². The first kappa shape index (κ1) is 24.5. The number of halogens is 3. The summed E-state index contributed by atoms with van der Waals surface area (Å²) >= 11 is 0. The maximum absolute atomic E-state index is 15.0. The molecule has 0 aromatic heterocycles. The molecule has 0 unspecified atom stereocenters. The Balaban J connectivity index is 1.53. The highest BCUT2D eigenvalue weighted by Crippen LogP contribution is 2.32. The van der Waals surface area contributed by atoms with Crippen molar-refractivity contribution in [2.24, 2.45) is 0 Å². The van der Waals surface area contributed by atoms with Crippen LogP contribution in [-0.4, -0.2) is 0 Å². The van der Waals surface area contributed by atoms with E-state index in [1.54, 1.807) is 12.1 Å². The summed E-state index contributed by atoms with van der Waals surface area (Å²) in [7, 11) is 0. The molecule has 178 valence electrons. The molecule has 0 saturated carbocycles. The molecule has 0 aliphatic carbocycles. The van der Waals surface area contributed by atoms with Crippen LogP contribution in [-0.2, 0) is 12.8 Å². The van der Waals surface area contributed by atoms with Crippen LogP contribution in [0.1, 0.15) is 42.9 Å². The number of aryl methyl sites for hydroxylation is 1. The molecule has 0 nitrogen and oxygen atoms in total. The lowest BCUT2D eigenvalue weighted by atomic mass is 9.92. The van der Waals surface area contributed by atoms with E-state index in [2.05, 4.69) is 19.1 Å². The Labute approximate surface area is 205 Å². The first-order valence-electron chi connectivity index (χ1n) is 12.0. The van der Waals surface area contributed by atoms with Crippen molar-refractivity contribution < 1.29 is 13.2 Å². The second kappa shape index (κ2) is 11.2. The van der Waals surface area contributed by atoms with Crippen LogP contribution >= 0.6 is 0 Å². The number of hydrogen-bond acceptors (Lipinski definition) is 0. The Hall–Kier alpha value is -3.59. The van der Waals surface area contributed by atoms with Crippen LogP contribution in [0.3, 0.4) is 0 Å². The molecule has 0 N–H and O–H groups in total. The smallest absolute Gasteiger partial charge is 0.134 e. The second-order valence-electron chi connectivity index (χ2n) is 8.94. The lowest BCUT2D eigenvalue weighted by molar-refractivity contribution is 0.588. The molecule has 1 atom stereocenters.